The lowest BCUT2D eigenvalue weighted by molar-refractivity contribution is -0.118. The maximum Gasteiger partial charge on any atom is 0.164 e. The van der Waals surface area contributed by atoms with E-state index in [1.807, 2.05) is 7.05 Å². The zero-order valence-corrected chi connectivity index (χ0v) is 7.42. The van der Waals surface area contributed by atoms with E-state index in [2.05, 4.69) is 24.1 Å². The quantitative estimate of drug-likeness (QED) is 0.604. The number of hydrogen-bond acceptors (Lipinski definition) is 3. The van der Waals surface area contributed by atoms with Crippen LogP contribution in [0.2, 0.25) is 0 Å². The summed E-state index contributed by atoms with van der Waals surface area (Å²) in [5.74, 6) is 0.321. The molecule has 1 unspecified atom stereocenters. The third kappa shape index (κ3) is 1.79. The van der Waals surface area contributed by atoms with Crippen LogP contribution < -0.4 is 5.32 Å². The molecule has 0 saturated carbocycles. The summed E-state index contributed by atoms with van der Waals surface area (Å²) in [6.07, 6.45) is 0. The minimum atomic E-state index is 0.0670. The lowest BCUT2D eigenvalue weighted by atomic mass is 10.2. The van der Waals surface area contributed by atoms with E-state index in [-0.39, 0.29) is 6.04 Å². The van der Waals surface area contributed by atoms with Gasteiger partial charge >= 0.3 is 0 Å². The van der Waals surface area contributed by atoms with E-state index in [0.717, 1.165) is 6.54 Å². The van der Waals surface area contributed by atoms with Gasteiger partial charge in [0.05, 0.1) is 12.6 Å². The first-order chi connectivity index (χ1) is 5.15. The molecule has 0 radical (unpaired) electrons. The molecule has 0 aromatic heterocycles. The van der Waals surface area contributed by atoms with Crippen molar-refractivity contribution in [3.05, 3.63) is 0 Å². The number of carbonyl (C=O) groups is 1. The summed E-state index contributed by atoms with van der Waals surface area (Å²) in [4.78, 5) is 13.4. The van der Waals surface area contributed by atoms with Crippen molar-refractivity contribution in [2.75, 3.05) is 20.1 Å². The number of carbonyl (C=O) groups excluding carboxylic acids is 1. The van der Waals surface area contributed by atoms with Gasteiger partial charge in [0.15, 0.2) is 5.78 Å². The minimum Gasteiger partial charge on any atom is -0.309 e. The Morgan fingerprint density at radius 3 is 2.55 bits per heavy atom. The highest BCUT2D eigenvalue weighted by atomic mass is 16.1. The van der Waals surface area contributed by atoms with Crippen LogP contribution in [0.1, 0.15) is 13.8 Å². The Kier molecular flexibility index (Phi) is 2.62. The number of likely N-dealkylation sites (tertiary alicyclic amines) is 1. The fraction of sp³-hybridized carbons (Fsp3) is 0.875. The van der Waals surface area contributed by atoms with E-state index < -0.39 is 0 Å². The maximum atomic E-state index is 11.2. The highest BCUT2D eigenvalue weighted by Crippen LogP contribution is 2.08. The molecule has 0 aliphatic carbocycles. The van der Waals surface area contributed by atoms with Gasteiger partial charge < -0.3 is 5.32 Å². The third-order valence-corrected chi connectivity index (χ3v) is 2.24. The summed E-state index contributed by atoms with van der Waals surface area (Å²) in [6, 6.07) is 0.551. The fourth-order valence-corrected chi connectivity index (χ4v) is 1.36. The Bertz CT molecular complexity index is 156. The van der Waals surface area contributed by atoms with E-state index in [1.165, 1.54) is 0 Å². The van der Waals surface area contributed by atoms with Crippen LogP contribution in [0.3, 0.4) is 0 Å². The van der Waals surface area contributed by atoms with Gasteiger partial charge in [-0.2, -0.15) is 0 Å². The molecule has 1 aliphatic rings. The van der Waals surface area contributed by atoms with E-state index in [1.54, 1.807) is 0 Å². The molecule has 1 N–H and O–H groups in total. The van der Waals surface area contributed by atoms with Crippen LogP contribution in [0.5, 0.6) is 0 Å². The Labute approximate surface area is 67.8 Å². The number of Topliss-reactive ketones (excluding diaryl/α,β-unsaturated/α-hetero) is 1. The molecule has 1 rings (SSSR count). The number of likely N-dealkylation sites (N-methyl/N-ethyl adjacent to an activating group) is 1. The van der Waals surface area contributed by atoms with Crippen molar-refractivity contribution in [3.8, 4) is 0 Å². The van der Waals surface area contributed by atoms with Crippen LogP contribution in [0.15, 0.2) is 0 Å². The van der Waals surface area contributed by atoms with Crippen molar-refractivity contribution in [3.63, 3.8) is 0 Å². The zero-order valence-electron chi connectivity index (χ0n) is 7.42. The lowest BCUT2D eigenvalue weighted by Crippen LogP contribution is -2.34. The van der Waals surface area contributed by atoms with Crippen LogP contribution in [0, 0.1) is 0 Å². The second-order valence-electron chi connectivity index (χ2n) is 3.33. The molecule has 0 bridgehead atoms. The van der Waals surface area contributed by atoms with Crippen molar-refractivity contribution in [1.29, 1.82) is 0 Å². The SMILES string of the molecule is CNC1CN(C(C)C)CC1=O. The molecule has 11 heavy (non-hydrogen) atoms. The van der Waals surface area contributed by atoms with Crippen LogP contribution in [-0.2, 0) is 4.79 Å². The first-order valence-corrected chi connectivity index (χ1v) is 4.09. The Morgan fingerprint density at radius 2 is 2.27 bits per heavy atom. The molecular formula is C8H16N2O. The smallest absolute Gasteiger partial charge is 0.164 e. The molecule has 0 aromatic rings. The first kappa shape index (κ1) is 8.68. The Morgan fingerprint density at radius 1 is 1.64 bits per heavy atom. The third-order valence-electron chi connectivity index (χ3n) is 2.24. The van der Waals surface area contributed by atoms with E-state index >= 15 is 0 Å². The van der Waals surface area contributed by atoms with Gasteiger partial charge in [0, 0.05) is 12.6 Å². The standard InChI is InChI=1S/C8H16N2O/c1-6(2)10-4-7(9-3)8(11)5-10/h6-7,9H,4-5H2,1-3H3. The number of nitrogens with one attached hydrogen (secondary N) is 1. The monoisotopic (exact) mass is 156 g/mol. The average Bonchev–Trinajstić information content (AvgIpc) is 2.31. The number of hydrogen-bond donors (Lipinski definition) is 1. The van der Waals surface area contributed by atoms with Gasteiger partial charge in [-0.3, -0.25) is 9.69 Å². The molecule has 1 heterocycles. The van der Waals surface area contributed by atoms with Crippen LogP contribution in [0.4, 0.5) is 0 Å². The molecule has 3 nitrogen and oxygen atoms in total. The Balaban J connectivity index is 2.49. The van der Waals surface area contributed by atoms with Crippen LogP contribution in [0.25, 0.3) is 0 Å². The van der Waals surface area contributed by atoms with Gasteiger partial charge in [0.25, 0.3) is 0 Å². The van der Waals surface area contributed by atoms with Crippen molar-refractivity contribution in [2.24, 2.45) is 0 Å². The largest absolute Gasteiger partial charge is 0.309 e. The second kappa shape index (κ2) is 3.32. The highest BCUT2D eigenvalue weighted by Gasteiger charge is 2.30. The van der Waals surface area contributed by atoms with Gasteiger partial charge in [-0.15, -0.1) is 0 Å². The molecule has 1 fully saturated rings. The average molecular weight is 156 g/mol. The summed E-state index contributed by atoms with van der Waals surface area (Å²) in [7, 11) is 1.84. The number of ketones is 1. The Hall–Kier alpha value is -0.410. The molecular weight excluding hydrogens is 140 g/mol. The minimum absolute atomic E-state index is 0.0670. The van der Waals surface area contributed by atoms with Gasteiger partial charge in [-0.1, -0.05) is 0 Å². The summed E-state index contributed by atoms with van der Waals surface area (Å²) in [6.45, 7) is 5.72. The predicted octanol–water partition coefficient (Wildman–Crippen LogP) is -0.133. The lowest BCUT2D eigenvalue weighted by Gasteiger charge is -2.18. The van der Waals surface area contributed by atoms with Gasteiger partial charge in [0.2, 0.25) is 0 Å². The molecule has 0 amide bonds. The predicted molar refractivity (Wildman–Crippen MR) is 44.6 cm³/mol. The molecule has 1 aliphatic heterocycles. The van der Waals surface area contributed by atoms with Gasteiger partial charge in [0.1, 0.15) is 0 Å². The van der Waals surface area contributed by atoms with E-state index in [9.17, 15) is 4.79 Å². The number of rotatable bonds is 2. The van der Waals surface area contributed by atoms with Crippen molar-refractivity contribution in [1.82, 2.24) is 10.2 Å². The topological polar surface area (TPSA) is 32.3 Å². The van der Waals surface area contributed by atoms with Crippen molar-refractivity contribution in [2.45, 2.75) is 25.9 Å². The van der Waals surface area contributed by atoms with Crippen molar-refractivity contribution >= 4 is 5.78 Å². The summed E-state index contributed by atoms with van der Waals surface area (Å²) in [5.41, 5.74) is 0. The molecule has 3 heteroatoms. The van der Waals surface area contributed by atoms with Crippen molar-refractivity contribution < 1.29 is 4.79 Å². The van der Waals surface area contributed by atoms with Crippen LogP contribution >= 0.6 is 0 Å². The normalized spacial score (nSPS) is 26.9. The highest BCUT2D eigenvalue weighted by molar-refractivity contribution is 5.88. The second-order valence-corrected chi connectivity index (χ2v) is 3.33. The maximum absolute atomic E-state index is 11.2. The van der Waals surface area contributed by atoms with Gasteiger partial charge in [-0.25, -0.2) is 0 Å². The molecule has 1 saturated heterocycles. The van der Waals surface area contributed by atoms with Crippen LogP contribution in [-0.4, -0.2) is 42.9 Å². The van der Waals surface area contributed by atoms with E-state index in [4.69, 9.17) is 0 Å². The van der Waals surface area contributed by atoms with E-state index in [0.29, 0.717) is 18.4 Å². The fourth-order valence-electron chi connectivity index (χ4n) is 1.36. The number of nitrogens with zero attached hydrogens (tertiary/aromatic N) is 1. The van der Waals surface area contributed by atoms with Gasteiger partial charge in [-0.05, 0) is 20.9 Å². The summed E-state index contributed by atoms with van der Waals surface area (Å²) < 4.78 is 0. The first-order valence-electron chi connectivity index (χ1n) is 4.09. The molecule has 64 valence electrons. The molecule has 0 aromatic carbocycles. The summed E-state index contributed by atoms with van der Waals surface area (Å²) >= 11 is 0. The molecule has 0 spiro atoms. The molecule has 1 atom stereocenters. The summed E-state index contributed by atoms with van der Waals surface area (Å²) in [5, 5.41) is 3.01. The zero-order chi connectivity index (χ0) is 8.43.